The van der Waals surface area contributed by atoms with Gasteiger partial charge in [0.2, 0.25) is 0 Å². The Morgan fingerprint density at radius 1 is 1.07 bits per heavy atom. The standard InChI is InChI=1S/C23H28N2O3/c1-23(9-4-10-23)24-13-17-11-19-20(21(12-17)28-3)15-25(22(19)26)14-16-5-7-18(27-2)8-6-16/h5-8,11-12,24H,4,9-10,13-15H2,1-3H3. The van der Waals surface area contributed by atoms with Crippen LogP contribution in [-0.4, -0.2) is 30.6 Å². The third kappa shape index (κ3) is 3.59. The number of rotatable bonds is 7. The highest BCUT2D eigenvalue weighted by atomic mass is 16.5. The van der Waals surface area contributed by atoms with Crippen molar-refractivity contribution in [3.63, 3.8) is 0 Å². The van der Waals surface area contributed by atoms with Crippen LogP contribution in [0.2, 0.25) is 0 Å². The molecule has 1 N–H and O–H groups in total. The molecule has 0 unspecified atom stereocenters. The second-order valence-electron chi connectivity index (χ2n) is 8.10. The second kappa shape index (κ2) is 7.47. The number of benzene rings is 2. The van der Waals surface area contributed by atoms with Crippen LogP contribution in [0.3, 0.4) is 0 Å². The Balaban J connectivity index is 1.51. The minimum atomic E-state index is 0.0702. The summed E-state index contributed by atoms with van der Waals surface area (Å²) >= 11 is 0. The van der Waals surface area contributed by atoms with Crippen molar-refractivity contribution >= 4 is 5.91 Å². The lowest BCUT2D eigenvalue weighted by Crippen LogP contribution is -2.47. The van der Waals surface area contributed by atoms with E-state index >= 15 is 0 Å². The van der Waals surface area contributed by atoms with Crippen LogP contribution in [0.15, 0.2) is 36.4 Å². The summed E-state index contributed by atoms with van der Waals surface area (Å²) in [5.74, 6) is 1.69. The summed E-state index contributed by atoms with van der Waals surface area (Å²) in [7, 11) is 3.33. The molecule has 4 rings (SSSR count). The maximum atomic E-state index is 13.0. The van der Waals surface area contributed by atoms with E-state index in [1.54, 1.807) is 14.2 Å². The number of carbonyl (C=O) groups is 1. The molecule has 0 atom stereocenters. The summed E-state index contributed by atoms with van der Waals surface area (Å²) in [6, 6.07) is 12.0. The molecule has 1 aliphatic heterocycles. The molecule has 0 radical (unpaired) electrons. The molecular weight excluding hydrogens is 352 g/mol. The first-order chi connectivity index (χ1) is 13.5. The van der Waals surface area contributed by atoms with Crippen molar-refractivity contribution < 1.29 is 14.3 Å². The van der Waals surface area contributed by atoms with E-state index < -0.39 is 0 Å². The number of methoxy groups -OCH3 is 2. The van der Waals surface area contributed by atoms with Crippen LogP contribution in [0.5, 0.6) is 11.5 Å². The van der Waals surface area contributed by atoms with Gasteiger partial charge in [0, 0.05) is 29.8 Å². The lowest BCUT2D eigenvalue weighted by Gasteiger charge is -2.39. The van der Waals surface area contributed by atoms with Crippen molar-refractivity contribution in [3.05, 3.63) is 58.7 Å². The number of hydrogen-bond donors (Lipinski definition) is 1. The van der Waals surface area contributed by atoms with Crippen molar-refractivity contribution in [1.29, 1.82) is 0 Å². The van der Waals surface area contributed by atoms with E-state index in [9.17, 15) is 4.79 Å². The fourth-order valence-corrected chi connectivity index (χ4v) is 4.05. The number of amides is 1. The molecular formula is C23H28N2O3. The molecule has 148 valence electrons. The van der Waals surface area contributed by atoms with E-state index in [0.717, 1.165) is 40.3 Å². The first kappa shape index (κ1) is 18.8. The van der Waals surface area contributed by atoms with Gasteiger partial charge in [0.1, 0.15) is 11.5 Å². The molecule has 1 heterocycles. The summed E-state index contributed by atoms with van der Waals surface area (Å²) in [6.07, 6.45) is 3.71. The molecule has 1 aliphatic carbocycles. The lowest BCUT2D eigenvalue weighted by molar-refractivity contribution is 0.0766. The second-order valence-corrected chi connectivity index (χ2v) is 8.10. The number of carbonyl (C=O) groups excluding carboxylic acids is 1. The van der Waals surface area contributed by atoms with Crippen LogP contribution in [0.25, 0.3) is 0 Å². The van der Waals surface area contributed by atoms with Gasteiger partial charge in [-0.3, -0.25) is 4.79 Å². The van der Waals surface area contributed by atoms with Gasteiger partial charge in [-0.05, 0) is 61.6 Å². The molecule has 2 aromatic rings. The first-order valence-electron chi connectivity index (χ1n) is 9.88. The van der Waals surface area contributed by atoms with Crippen LogP contribution in [0.1, 0.15) is 53.2 Å². The summed E-state index contributed by atoms with van der Waals surface area (Å²) in [5, 5.41) is 3.64. The molecule has 2 aliphatic rings. The SMILES string of the molecule is COc1ccc(CN2Cc3c(OC)cc(CNC4(C)CCC4)cc3C2=O)cc1. The minimum absolute atomic E-state index is 0.0702. The topological polar surface area (TPSA) is 50.8 Å². The zero-order valence-corrected chi connectivity index (χ0v) is 16.9. The van der Waals surface area contributed by atoms with Crippen LogP contribution >= 0.6 is 0 Å². The highest BCUT2D eigenvalue weighted by molar-refractivity contribution is 5.99. The zero-order chi connectivity index (χ0) is 19.7. The molecule has 0 aromatic heterocycles. The average molecular weight is 380 g/mol. The molecule has 0 spiro atoms. The Hall–Kier alpha value is -2.53. The van der Waals surface area contributed by atoms with Crippen molar-refractivity contribution in [2.24, 2.45) is 0 Å². The molecule has 1 fully saturated rings. The fraction of sp³-hybridized carbons (Fsp3) is 0.435. The summed E-state index contributed by atoms with van der Waals surface area (Å²) in [5.41, 5.74) is 4.17. The predicted octanol–water partition coefficient (Wildman–Crippen LogP) is 3.89. The zero-order valence-electron chi connectivity index (χ0n) is 16.9. The Labute approximate surface area is 166 Å². The first-order valence-corrected chi connectivity index (χ1v) is 9.88. The van der Waals surface area contributed by atoms with E-state index in [0.29, 0.717) is 13.1 Å². The van der Waals surface area contributed by atoms with Crippen LogP contribution in [-0.2, 0) is 19.6 Å². The fourth-order valence-electron chi connectivity index (χ4n) is 4.05. The molecule has 28 heavy (non-hydrogen) atoms. The van der Waals surface area contributed by atoms with Gasteiger partial charge >= 0.3 is 0 Å². The minimum Gasteiger partial charge on any atom is -0.497 e. The van der Waals surface area contributed by atoms with Gasteiger partial charge in [0.05, 0.1) is 20.8 Å². The highest BCUT2D eigenvalue weighted by Gasteiger charge is 2.33. The van der Waals surface area contributed by atoms with Crippen molar-refractivity contribution in [1.82, 2.24) is 10.2 Å². The van der Waals surface area contributed by atoms with Crippen LogP contribution in [0.4, 0.5) is 0 Å². The number of ether oxygens (including phenoxy) is 2. The Morgan fingerprint density at radius 2 is 1.82 bits per heavy atom. The predicted molar refractivity (Wildman–Crippen MR) is 109 cm³/mol. The van der Waals surface area contributed by atoms with Gasteiger partial charge < -0.3 is 19.7 Å². The van der Waals surface area contributed by atoms with Gasteiger partial charge in [0.15, 0.2) is 0 Å². The monoisotopic (exact) mass is 380 g/mol. The molecule has 5 heteroatoms. The van der Waals surface area contributed by atoms with Crippen LogP contribution in [0, 0.1) is 0 Å². The molecule has 1 amide bonds. The van der Waals surface area contributed by atoms with E-state index in [2.05, 4.69) is 18.3 Å². The average Bonchev–Trinajstić information content (AvgIpc) is 3.00. The summed E-state index contributed by atoms with van der Waals surface area (Å²) in [4.78, 5) is 14.9. The Bertz CT molecular complexity index is 872. The van der Waals surface area contributed by atoms with Gasteiger partial charge in [-0.2, -0.15) is 0 Å². The molecule has 1 saturated carbocycles. The molecule has 5 nitrogen and oxygen atoms in total. The van der Waals surface area contributed by atoms with Gasteiger partial charge in [-0.15, -0.1) is 0 Å². The van der Waals surface area contributed by atoms with Crippen molar-refractivity contribution in [2.45, 2.75) is 51.4 Å². The number of fused-ring (bicyclic) bond motifs is 1. The number of nitrogens with one attached hydrogen (secondary N) is 1. The number of hydrogen-bond acceptors (Lipinski definition) is 4. The lowest BCUT2D eigenvalue weighted by atomic mass is 9.78. The quantitative estimate of drug-likeness (QED) is 0.792. The largest absolute Gasteiger partial charge is 0.497 e. The van der Waals surface area contributed by atoms with Crippen molar-refractivity contribution in [2.75, 3.05) is 14.2 Å². The maximum absolute atomic E-state index is 13.0. The Kier molecular flexibility index (Phi) is 5.02. The van der Waals surface area contributed by atoms with E-state index in [1.165, 1.54) is 19.3 Å². The third-order valence-corrected chi connectivity index (χ3v) is 6.06. The highest BCUT2D eigenvalue weighted by Crippen LogP contribution is 2.35. The van der Waals surface area contributed by atoms with Gasteiger partial charge in [0.25, 0.3) is 5.91 Å². The van der Waals surface area contributed by atoms with E-state index in [4.69, 9.17) is 9.47 Å². The third-order valence-electron chi connectivity index (χ3n) is 6.06. The summed E-state index contributed by atoms with van der Waals surface area (Å²) < 4.78 is 10.8. The van der Waals surface area contributed by atoms with Gasteiger partial charge in [-0.1, -0.05) is 12.1 Å². The van der Waals surface area contributed by atoms with Crippen molar-refractivity contribution in [3.8, 4) is 11.5 Å². The Morgan fingerprint density at radius 3 is 2.43 bits per heavy atom. The van der Waals surface area contributed by atoms with E-state index in [1.807, 2.05) is 35.2 Å². The van der Waals surface area contributed by atoms with Gasteiger partial charge in [-0.25, -0.2) is 0 Å². The molecule has 0 bridgehead atoms. The van der Waals surface area contributed by atoms with E-state index in [-0.39, 0.29) is 11.4 Å². The number of nitrogens with zero attached hydrogens (tertiary/aromatic N) is 1. The maximum Gasteiger partial charge on any atom is 0.254 e. The van der Waals surface area contributed by atoms with Crippen LogP contribution < -0.4 is 14.8 Å². The smallest absolute Gasteiger partial charge is 0.254 e. The summed E-state index contributed by atoms with van der Waals surface area (Å²) in [6.45, 7) is 4.18. The normalized spacial score (nSPS) is 17.2. The molecule has 2 aromatic carbocycles. The molecule has 0 saturated heterocycles.